The summed E-state index contributed by atoms with van der Waals surface area (Å²) in [5.74, 6) is 1.64. The van der Waals surface area contributed by atoms with Gasteiger partial charge < -0.3 is 10.6 Å². The van der Waals surface area contributed by atoms with Gasteiger partial charge in [0.05, 0.1) is 0 Å². The van der Waals surface area contributed by atoms with Gasteiger partial charge in [0.1, 0.15) is 5.82 Å². The Kier molecular flexibility index (Phi) is 6.17. The molecule has 2 rings (SSSR count). The number of nitrogens with zero attached hydrogens (tertiary/aromatic N) is 2. The van der Waals surface area contributed by atoms with Crippen molar-refractivity contribution in [1.82, 2.24) is 14.7 Å². The normalized spacial score (nSPS) is 16.5. The van der Waals surface area contributed by atoms with Crippen LogP contribution in [-0.4, -0.2) is 28.4 Å². The van der Waals surface area contributed by atoms with Crippen LogP contribution in [0.3, 0.4) is 0 Å². The highest BCUT2D eigenvalue weighted by Gasteiger charge is 2.19. The van der Waals surface area contributed by atoms with Gasteiger partial charge in [-0.1, -0.05) is 40.0 Å². The van der Waals surface area contributed by atoms with Crippen molar-refractivity contribution >= 4 is 22.6 Å². The summed E-state index contributed by atoms with van der Waals surface area (Å²) < 4.78 is 4.36. The van der Waals surface area contributed by atoms with Gasteiger partial charge in [-0.3, -0.25) is 4.79 Å². The minimum atomic E-state index is -0.0232. The summed E-state index contributed by atoms with van der Waals surface area (Å²) in [6.07, 6.45) is 7.02. The molecule has 0 saturated heterocycles. The van der Waals surface area contributed by atoms with E-state index in [1.807, 2.05) is 0 Å². The molecule has 0 radical (unpaired) electrons. The molecule has 5 nitrogen and oxygen atoms in total. The number of aromatic nitrogens is 2. The highest BCUT2D eigenvalue weighted by molar-refractivity contribution is 7.09. The number of hydrogen-bond donors (Lipinski definition) is 2. The van der Waals surface area contributed by atoms with Gasteiger partial charge in [-0.25, -0.2) is 4.98 Å². The van der Waals surface area contributed by atoms with Crippen molar-refractivity contribution in [3.8, 4) is 0 Å². The predicted octanol–water partition coefficient (Wildman–Crippen LogP) is 3.33. The van der Waals surface area contributed by atoms with Crippen LogP contribution in [0.5, 0.6) is 0 Å². The van der Waals surface area contributed by atoms with Gasteiger partial charge in [-0.15, -0.1) is 0 Å². The van der Waals surface area contributed by atoms with Gasteiger partial charge in [0, 0.05) is 36.5 Å². The molecule has 1 heterocycles. The molecule has 0 aromatic carbocycles. The lowest BCUT2D eigenvalue weighted by Gasteiger charge is -2.20. The maximum atomic E-state index is 11.9. The largest absolute Gasteiger partial charge is 0.359 e. The lowest BCUT2D eigenvalue weighted by molar-refractivity contribution is -0.122. The third-order valence-electron chi connectivity index (χ3n) is 4.02. The molecule has 0 bridgehead atoms. The molecule has 2 N–H and O–H groups in total. The molecule has 0 unspecified atom stereocenters. The van der Waals surface area contributed by atoms with E-state index in [0.717, 1.165) is 11.0 Å². The molecule has 6 heteroatoms. The van der Waals surface area contributed by atoms with Crippen LogP contribution in [0.15, 0.2) is 0 Å². The summed E-state index contributed by atoms with van der Waals surface area (Å²) in [6.45, 7) is 7.63. The van der Waals surface area contributed by atoms with Crippen LogP contribution in [0.4, 0.5) is 5.13 Å². The van der Waals surface area contributed by atoms with Crippen molar-refractivity contribution in [2.24, 2.45) is 5.92 Å². The predicted molar refractivity (Wildman–Crippen MR) is 91.3 cm³/mol. The minimum absolute atomic E-state index is 0.0232. The number of nitrogens with one attached hydrogen (secondary N) is 2. The second-order valence-corrected chi connectivity index (χ2v) is 7.91. The molecular formula is C16H28N4OS. The monoisotopic (exact) mass is 324 g/mol. The molecule has 0 atom stereocenters. The third kappa shape index (κ3) is 5.55. The number of amides is 1. The summed E-state index contributed by atoms with van der Waals surface area (Å²) in [4.78, 5) is 16.4. The summed E-state index contributed by atoms with van der Waals surface area (Å²) in [6, 6.07) is 0. The summed E-state index contributed by atoms with van der Waals surface area (Å²) >= 11 is 1.38. The molecule has 0 aliphatic heterocycles. The van der Waals surface area contributed by atoms with Gasteiger partial charge in [0.25, 0.3) is 0 Å². The minimum Gasteiger partial charge on any atom is -0.359 e. The zero-order valence-electron chi connectivity index (χ0n) is 13.9. The van der Waals surface area contributed by atoms with Crippen molar-refractivity contribution in [1.29, 1.82) is 0 Å². The molecular weight excluding hydrogens is 296 g/mol. The van der Waals surface area contributed by atoms with Gasteiger partial charge in [0.2, 0.25) is 11.0 Å². The highest BCUT2D eigenvalue weighted by Crippen LogP contribution is 2.26. The second kappa shape index (κ2) is 7.90. The average molecular weight is 324 g/mol. The zero-order valence-corrected chi connectivity index (χ0v) is 14.8. The van der Waals surface area contributed by atoms with Gasteiger partial charge in [0.15, 0.2) is 0 Å². The SMILES string of the molecule is CC(C)(C)c1nsc(NCCNC(=O)CC2CCCCC2)n1. The van der Waals surface area contributed by atoms with E-state index >= 15 is 0 Å². The molecule has 1 saturated carbocycles. The van der Waals surface area contributed by atoms with E-state index in [2.05, 4.69) is 40.8 Å². The van der Waals surface area contributed by atoms with Crippen LogP contribution >= 0.6 is 11.5 Å². The summed E-state index contributed by atoms with van der Waals surface area (Å²) in [5, 5.41) is 7.04. The number of anilines is 1. The number of carbonyl (C=O) groups is 1. The molecule has 0 spiro atoms. The number of hydrogen-bond acceptors (Lipinski definition) is 5. The molecule has 1 aliphatic carbocycles. The summed E-state index contributed by atoms with van der Waals surface area (Å²) in [7, 11) is 0. The first-order valence-corrected chi connectivity index (χ1v) is 9.07. The van der Waals surface area contributed by atoms with Crippen molar-refractivity contribution < 1.29 is 4.79 Å². The van der Waals surface area contributed by atoms with Crippen LogP contribution in [0.25, 0.3) is 0 Å². The Labute approximate surface area is 137 Å². The van der Waals surface area contributed by atoms with Crippen molar-refractivity contribution in [3.05, 3.63) is 5.82 Å². The van der Waals surface area contributed by atoms with Crippen molar-refractivity contribution in [2.45, 2.75) is 64.7 Å². The quantitative estimate of drug-likeness (QED) is 0.788. The Balaban J connectivity index is 1.62. The van der Waals surface area contributed by atoms with E-state index in [1.165, 1.54) is 43.6 Å². The highest BCUT2D eigenvalue weighted by atomic mass is 32.1. The van der Waals surface area contributed by atoms with Crippen LogP contribution < -0.4 is 10.6 Å². The fraction of sp³-hybridized carbons (Fsp3) is 0.812. The van der Waals surface area contributed by atoms with Gasteiger partial charge in [-0.05, 0) is 18.8 Å². The second-order valence-electron chi connectivity index (χ2n) is 7.16. The molecule has 1 aromatic rings. The maximum absolute atomic E-state index is 11.9. The molecule has 124 valence electrons. The third-order valence-corrected chi connectivity index (χ3v) is 4.69. The Bertz CT molecular complexity index is 475. The van der Waals surface area contributed by atoms with Crippen LogP contribution in [0.1, 0.15) is 65.1 Å². The Hall–Kier alpha value is -1.17. The first kappa shape index (κ1) is 17.2. The van der Waals surface area contributed by atoms with E-state index in [1.54, 1.807) is 0 Å². The molecule has 22 heavy (non-hydrogen) atoms. The van der Waals surface area contributed by atoms with Crippen molar-refractivity contribution in [2.75, 3.05) is 18.4 Å². The van der Waals surface area contributed by atoms with Crippen LogP contribution in [-0.2, 0) is 10.2 Å². The molecule has 1 amide bonds. The maximum Gasteiger partial charge on any atom is 0.220 e. The summed E-state index contributed by atoms with van der Waals surface area (Å²) in [5.41, 5.74) is -0.0232. The van der Waals surface area contributed by atoms with Gasteiger partial charge in [-0.2, -0.15) is 4.37 Å². The lowest BCUT2D eigenvalue weighted by atomic mass is 9.87. The standard InChI is InChI=1S/C16H28N4OS/c1-16(2,3)14-19-15(22-20-14)18-10-9-17-13(21)11-12-7-5-4-6-8-12/h12H,4-11H2,1-3H3,(H,17,21)(H,18,19,20). The fourth-order valence-electron chi connectivity index (χ4n) is 2.70. The lowest BCUT2D eigenvalue weighted by Crippen LogP contribution is -2.30. The zero-order chi connectivity index (χ0) is 16.0. The number of rotatable bonds is 6. The van der Waals surface area contributed by atoms with Gasteiger partial charge >= 0.3 is 0 Å². The van der Waals surface area contributed by atoms with E-state index in [0.29, 0.717) is 25.4 Å². The average Bonchev–Trinajstić information content (AvgIpc) is 2.94. The van der Waals surface area contributed by atoms with E-state index in [-0.39, 0.29) is 11.3 Å². The van der Waals surface area contributed by atoms with Crippen molar-refractivity contribution in [3.63, 3.8) is 0 Å². The molecule has 1 aliphatic rings. The van der Waals surface area contributed by atoms with E-state index in [4.69, 9.17) is 0 Å². The fourth-order valence-corrected chi connectivity index (χ4v) is 3.48. The van der Waals surface area contributed by atoms with E-state index in [9.17, 15) is 4.79 Å². The molecule has 1 fully saturated rings. The first-order valence-electron chi connectivity index (χ1n) is 8.30. The topological polar surface area (TPSA) is 66.9 Å². The Morgan fingerprint density at radius 2 is 1.95 bits per heavy atom. The first-order chi connectivity index (χ1) is 10.4. The Morgan fingerprint density at radius 1 is 1.23 bits per heavy atom. The number of carbonyl (C=O) groups excluding carboxylic acids is 1. The van der Waals surface area contributed by atoms with Crippen LogP contribution in [0, 0.1) is 5.92 Å². The Morgan fingerprint density at radius 3 is 2.59 bits per heavy atom. The van der Waals surface area contributed by atoms with Crippen LogP contribution in [0.2, 0.25) is 0 Å². The molecule has 1 aromatic heterocycles. The van der Waals surface area contributed by atoms with E-state index < -0.39 is 0 Å². The smallest absolute Gasteiger partial charge is 0.220 e.